The molecular formula is C22H20F2N2O3. The summed E-state index contributed by atoms with van der Waals surface area (Å²) in [4.78, 5) is 16.4. The van der Waals surface area contributed by atoms with Crippen LogP contribution in [0.3, 0.4) is 0 Å². The van der Waals surface area contributed by atoms with E-state index in [0.29, 0.717) is 17.2 Å². The highest BCUT2D eigenvalue weighted by Gasteiger charge is 2.24. The van der Waals surface area contributed by atoms with Crippen molar-refractivity contribution >= 4 is 5.91 Å². The average molecular weight is 398 g/mol. The van der Waals surface area contributed by atoms with Crippen molar-refractivity contribution in [1.29, 1.82) is 0 Å². The summed E-state index contributed by atoms with van der Waals surface area (Å²) in [5.41, 5.74) is 1.48. The van der Waals surface area contributed by atoms with Gasteiger partial charge in [0.15, 0.2) is 5.69 Å². The van der Waals surface area contributed by atoms with Crippen LogP contribution in [0.5, 0.6) is 11.8 Å². The third-order valence-corrected chi connectivity index (χ3v) is 4.98. The van der Waals surface area contributed by atoms with Crippen LogP contribution in [0.15, 0.2) is 47.1 Å². The van der Waals surface area contributed by atoms with Crippen molar-refractivity contribution < 1.29 is 22.7 Å². The van der Waals surface area contributed by atoms with Crippen LogP contribution < -0.4 is 10.1 Å². The average Bonchev–Trinajstić information content (AvgIpc) is 3.45. The second-order valence-electron chi connectivity index (χ2n) is 7.25. The summed E-state index contributed by atoms with van der Waals surface area (Å²) < 4.78 is 38.4. The lowest BCUT2D eigenvalue weighted by Crippen LogP contribution is -2.27. The number of carbonyl (C=O) groups is 1. The zero-order valence-corrected chi connectivity index (χ0v) is 16.0. The quantitative estimate of drug-likeness (QED) is 0.602. The van der Waals surface area contributed by atoms with Crippen LogP contribution in [0.2, 0.25) is 0 Å². The summed E-state index contributed by atoms with van der Waals surface area (Å²) in [5, 5.41) is 2.65. The summed E-state index contributed by atoms with van der Waals surface area (Å²) in [6.07, 6.45) is 3.49. The van der Waals surface area contributed by atoms with Gasteiger partial charge in [-0.05, 0) is 68.0 Å². The Morgan fingerprint density at radius 2 is 1.97 bits per heavy atom. The zero-order chi connectivity index (χ0) is 20.5. The first-order valence-corrected chi connectivity index (χ1v) is 9.40. The number of ether oxygens (including phenoxy) is 1. The van der Waals surface area contributed by atoms with E-state index in [4.69, 9.17) is 9.15 Å². The molecule has 1 N–H and O–H groups in total. The van der Waals surface area contributed by atoms with Crippen LogP contribution in [0.25, 0.3) is 0 Å². The van der Waals surface area contributed by atoms with Crippen molar-refractivity contribution in [2.24, 2.45) is 0 Å². The standard InChI is InChI=1S/C22H20F2N2O3/c1-12-18(23)9-16(10-19(12)24)13(2)25-21(27)20-11-28-22(26-20)29-17-5-3-4-15(8-17)14-6-7-14/h3-5,8-11,13-14H,6-7H2,1-2H3,(H,25,27)/t13-/m1/s1. The van der Waals surface area contributed by atoms with Crippen molar-refractivity contribution in [3.63, 3.8) is 0 Å². The molecule has 4 rings (SSSR count). The molecule has 1 aliphatic rings. The number of rotatable bonds is 6. The Balaban J connectivity index is 1.42. The molecule has 5 nitrogen and oxygen atoms in total. The van der Waals surface area contributed by atoms with E-state index in [-0.39, 0.29) is 17.3 Å². The lowest BCUT2D eigenvalue weighted by molar-refractivity contribution is 0.0934. The van der Waals surface area contributed by atoms with Crippen LogP contribution in [-0.2, 0) is 0 Å². The SMILES string of the molecule is Cc1c(F)cc([C@@H](C)NC(=O)c2coc(Oc3cccc(C4CC4)c3)n2)cc1F. The van der Waals surface area contributed by atoms with E-state index >= 15 is 0 Å². The van der Waals surface area contributed by atoms with Crippen LogP contribution in [0, 0.1) is 18.6 Å². The monoisotopic (exact) mass is 398 g/mol. The Morgan fingerprint density at radius 3 is 2.66 bits per heavy atom. The molecule has 0 bridgehead atoms. The lowest BCUT2D eigenvalue weighted by Gasteiger charge is -2.14. The first kappa shape index (κ1) is 19.1. The van der Waals surface area contributed by atoms with Crippen molar-refractivity contribution in [2.75, 3.05) is 0 Å². The van der Waals surface area contributed by atoms with Gasteiger partial charge in [0, 0.05) is 5.56 Å². The van der Waals surface area contributed by atoms with Gasteiger partial charge in [0.1, 0.15) is 23.6 Å². The highest BCUT2D eigenvalue weighted by Crippen LogP contribution is 2.41. The van der Waals surface area contributed by atoms with Gasteiger partial charge in [0.25, 0.3) is 5.91 Å². The van der Waals surface area contributed by atoms with Gasteiger partial charge >= 0.3 is 6.08 Å². The molecule has 0 saturated heterocycles. The molecule has 1 aliphatic carbocycles. The molecular weight excluding hydrogens is 378 g/mol. The Labute approximate surface area is 166 Å². The summed E-state index contributed by atoms with van der Waals surface area (Å²) in [6, 6.07) is 9.46. The summed E-state index contributed by atoms with van der Waals surface area (Å²) in [7, 11) is 0. The van der Waals surface area contributed by atoms with Crippen LogP contribution in [-0.4, -0.2) is 10.9 Å². The fourth-order valence-corrected chi connectivity index (χ4v) is 3.03. The van der Waals surface area contributed by atoms with E-state index in [0.717, 1.165) is 0 Å². The van der Waals surface area contributed by atoms with Gasteiger partial charge in [-0.15, -0.1) is 0 Å². The number of nitrogens with one attached hydrogen (secondary N) is 1. The number of halogens is 2. The number of hydrogen-bond donors (Lipinski definition) is 1. The van der Waals surface area contributed by atoms with Gasteiger partial charge in [-0.2, -0.15) is 4.98 Å². The minimum Gasteiger partial charge on any atom is -0.416 e. The molecule has 29 heavy (non-hydrogen) atoms. The van der Waals surface area contributed by atoms with Gasteiger partial charge < -0.3 is 14.5 Å². The molecule has 1 atom stereocenters. The molecule has 2 aromatic carbocycles. The second kappa shape index (κ2) is 7.66. The van der Waals surface area contributed by atoms with E-state index < -0.39 is 23.6 Å². The Kier molecular flexibility index (Phi) is 5.05. The predicted molar refractivity (Wildman–Crippen MR) is 102 cm³/mol. The predicted octanol–water partition coefficient (Wildman–Crippen LogP) is 5.42. The molecule has 7 heteroatoms. The Hall–Kier alpha value is -3.22. The van der Waals surface area contributed by atoms with Gasteiger partial charge in [-0.3, -0.25) is 4.79 Å². The van der Waals surface area contributed by atoms with Crippen LogP contribution >= 0.6 is 0 Å². The summed E-state index contributed by atoms with van der Waals surface area (Å²) >= 11 is 0. The van der Waals surface area contributed by atoms with E-state index in [1.165, 1.54) is 43.7 Å². The number of amides is 1. The second-order valence-corrected chi connectivity index (χ2v) is 7.25. The number of aromatic nitrogens is 1. The third kappa shape index (κ3) is 4.29. The summed E-state index contributed by atoms with van der Waals surface area (Å²) in [6.45, 7) is 2.98. The first-order chi connectivity index (χ1) is 13.9. The minimum absolute atomic E-state index is 0.0123. The normalized spacial score (nSPS) is 14.5. The molecule has 1 fully saturated rings. The largest absolute Gasteiger partial charge is 0.416 e. The van der Waals surface area contributed by atoms with Gasteiger partial charge in [-0.1, -0.05) is 12.1 Å². The fraction of sp³-hybridized carbons (Fsp3) is 0.273. The number of benzene rings is 2. The topological polar surface area (TPSA) is 64.4 Å². The van der Waals surface area contributed by atoms with Crippen LogP contribution in [0.1, 0.15) is 58.9 Å². The van der Waals surface area contributed by atoms with E-state index in [1.807, 2.05) is 12.1 Å². The van der Waals surface area contributed by atoms with E-state index in [1.54, 1.807) is 13.0 Å². The first-order valence-electron chi connectivity index (χ1n) is 9.40. The molecule has 0 aliphatic heterocycles. The number of carbonyl (C=O) groups excluding carboxylic acids is 1. The Morgan fingerprint density at radius 1 is 1.24 bits per heavy atom. The Bertz CT molecular complexity index is 1040. The molecule has 1 saturated carbocycles. The van der Waals surface area contributed by atoms with Crippen molar-refractivity contribution in [3.8, 4) is 11.8 Å². The molecule has 1 aromatic heterocycles. The number of oxazole rings is 1. The van der Waals surface area contributed by atoms with Crippen LogP contribution in [0.4, 0.5) is 8.78 Å². The maximum absolute atomic E-state index is 13.8. The number of hydrogen-bond acceptors (Lipinski definition) is 4. The summed E-state index contributed by atoms with van der Waals surface area (Å²) in [5.74, 6) is -0.688. The highest BCUT2D eigenvalue weighted by atomic mass is 19.1. The van der Waals surface area contributed by atoms with E-state index in [9.17, 15) is 13.6 Å². The van der Waals surface area contributed by atoms with E-state index in [2.05, 4.69) is 16.4 Å². The van der Waals surface area contributed by atoms with Gasteiger partial charge in [0.05, 0.1) is 6.04 Å². The lowest BCUT2D eigenvalue weighted by atomic mass is 10.1. The zero-order valence-electron chi connectivity index (χ0n) is 16.0. The maximum atomic E-state index is 13.8. The fourth-order valence-electron chi connectivity index (χ4n) is 3.03. The highest BCUT2D eigenvalue weighted by molar-refractivity contribution is 5.92. The van der Waals surface area contributed by atoms with Crippen molar-refractivity contribution in [2.45, 2.75) is 38.6 Å². The molecule has 0 radical (unpaired) electrons. The molecule has 1 amide bonds. The van der Waals surface area contributed by atoms with Crippen molar-refractivity contribution in [3.05, 3.63) is 76.7 Å². The molecule has 0 spiro atoms. The molecule has 150 valence electrons. The minimum atomic E-state index is -0.661. The van der Waals surface area contributed by atoms with Crippen molar-refractivity contribution in [1.82, 2.24) is 10.3 Å². The molecule has 1 heterocycles. The smallest absolute Gasteiger partial charge is 0.399 e. The number of nitrogens with zero attached hydrogens (tertiary/aromatic N) is 1. The molecule has 3 aromatic rings. The maximum Gasteiger partial charge on any atom is 0.399 e. The van der Waals surface area contributed by atoms with Gasteiger partial charge in [-0.25, -0.2) is 8.78 Å². The van der Waals surface area contributed by atoms with Gasteiger partial charge in [0.2, 0.25) is 0 Å². The molecule has 0 unspecified atom stereocenters. The third-order valence-electron chi connectivity index (χ3n) is 4.98.